The summed E-state index contributed by atoms with van der Waals surface area (Å²) in [6.07, 6.45) is 4.16. The van der Waals surface area contributed by atoms with Crippen LogP contribution in [-0.4, -0.2) is 27.6 Å². The number of carbonyl (C=O) groups is 1. The molecule has 0 saturated heterocycles. The Labute approximate surface area is 120 Å². The molecule has 0 bridgehead atoms. The van der Waals surface area contributed by atoms with Gasteiger partial charge in [0, 0.05) is 24.4 Å². The van der Waals surface area contributed by atoms with E-state index in [9.17, 15) is 9.18 Å². The van der Waals surface area contributed by atoms with E-state index < -0.39 is 11.7 Å². The normalized spacial score (nSPS) is 9.62. The quantitative estimate of drug-likeness (QED) is 0.840. The van der Waals surface area contributed by atoms with Gasteiger partial charge in [-0.3, -0.25) is 9.78 Å². The molecule has 0 aromatic carbocycles. The molecule has 0 atom stereocenters. The first-order valence-electron chi connectivity index (χ1n) is 6.17. The van der Waals surface area contributed by atoms with Crippen molar-refractivity contribution in [1.29, 1.82) is 0 Å². The van der Waals surface area contributed by atoms with Crippen LogP contribution in [0.3, 0.4) is 0 Å². The van der Waals surface area contributed by atoms with Gasteiger partial charge < -0.3 is 10.4 Å². The van der Waals surface area contributed by atoms with Gasteiger partial charge >= 0.3 is 0 Å². The van der Waals surface area contributed by atoms with E-state index in [1.54, 1.807) is 12.1 Å². The molecule has 21 heavy (non-hydrogen) atoms. The summed E-state index contributed by atoms with van der Waals surface area (Å²) in [4.78, 5) is 19.5. The lowest BCUT2D eigenvalue weighted by molar-refractivity contribution is 0.102. The fourth-order valence-electron chi connectivity index (χ4n) is 1.54. The van der Waals surface area contributed by atoms with Gasteiger partial charge in [-0.1, -0.05) is 11.8 Å². The number of carbonyl (C=O) groups excluding carboxylic acids is 1. The van der Waals surface area contributed by atoms with E-state index in [2.05, 4.69) is 27.1 Å². The number of pyridine rings is 2. The van der Waals surface area contributed by atoms with Gasteiger partial charge in [0.25, 0.3) is 5.91 Å². The summed E-state index contributed by atoms with van der Waals surface area (Å²) in [5.41, 5.74) is 0.535. The number of amides is 1. The van der Waals surface area contributed by atoms with Crippen LogP contribution in [0.5, 0.6) is 0 Å². The lowest BCUT2D eigenvalue weighted by atomic mass is 10.2. The summed E-state index contributed by atoms with van der Waals surface area (Å²) in [5, 5.41) is 11.2. The topological polar surface area (TPSA) is 75.1 Å². The molecule has 0 spiro atoms. The molecule has 5 nitrogen and oxygen atoms in total. The van der Waals surface area contributed by atoms with E-state index in [1.165, 1.54) is 18.5 Å². The lowest BCUT2D eigenvalue weighted by Crippen LogP contribution is -2.14. The number of anilines is 1. The number of nitrogens with zero attached hydrogens (tertiary/aromatic N) is 2. The van der Waals surface area contributed by atoms with Gasteiger partial charge in [-0.05, 0) is 18.2 Å². The van der Waals surface area contributed by atoms with Crippen molar-refractivity contribution < 1.29 is 14.3 Å². The Hall–Kier alpha value is -2.78. The molecule has 2 aromatic heterocycles. The average Bonchev–Trinajstić information content (AvgIpc) is 2.48. The number of hydrogen-bond donors (Lipinski definition) is 2. The summed E-state index contributed by atoms with van der Waals surface area (Å²) in [6.45, 7) is -0.0109. The van der Waals surface area contributed by atoms with E-state index in [-0.39, 0.29) is 18.0 Å². The van der Waals surface area contributed by atoms with E-state index >= 15 is 0 Å². The molecule has 2 aromatic rings. The highest BCUT2D eigenvalue weighted by molar-refractivity contribution is 6.03. The first-order chi connectivity index (χ1) is 10.2. The van der Waals surface area contributed by atoms with Gasteiger partial charge in [0.2, 0.25) is 0 Å². The molecule has 0 fully saturated rings. The third-order valence-electron chi connectivity index (χ3n) is 2.49. The number of halogens is 1. The molecule has 2 rings (SSSR count). The highest BCUT2D eigenvalue weighted by atomic mass is 19.1. The van der Waals surface area contributed by atoms with Crippen molar-refractivity contribution in [2.75, 3.05) is 11.9 Å². The Bertz CT molecular complexity index is 707. The maximum atomic E-state index is 13.4. The predicted octanol–water partition coefficient (Wildman–Crippen LogP) is 1.60. The number of aliphatic hydroxyl groups excluding tert-OH is 1. The smallest absolute Gasteiger partial charge is 0.259 e. The second-order valence-electron chi connectivity index (χ2n) is 4.01. The Kier molecular flexibility index (Phi) is 4.96. The monoisotopic (exact) mass is 285 g/mol. The van der Waals surface area contributed by atoms with Gasteiger partial charge in [-0.25, -0.2) is 9.37 Å². The van der Waals surface area contributed by atoms with Gasteiger partial charge in [0.05, 0.1) is 18.4 Å². The van der Waals surface area contributed by atoms with Crippen LogP contribution in [-0.2, 0) is 0 Å². The molecule has 0 unspecified atom stereocenters. The molecule has 0 aliphatic rings. The van der Waals surface area contributed by atoms with Crippen molar-refractivity contribution >= 4 is 11.7 Å². The molecule has 2 heterocycles. The largest absolute Gasteiger partial charge is 0.395 e. The summed E-state index contributed by atoms with van der Waals surface area (Å²) < 4.78 is 13.4. The maximum absolute atomic E-state index is 13.4. The van der Waals surface area contributed by atoms with Crippen LogP contribution in [0.2, 0.25) is 0 Å². The van der Waals surface area contributed by atoms with Crippen LogP contribution >= 0.6 is 0 Å². The number of aliphatic hydroxyl groups is 1. The van der Waals surface area contributed by atoms with Crippen LogP contribution < -0.4 is 5.32 Å². The Morgan fingerprint density at radius 2 is 2.24 bits per heavy atom. The predicted molar refractivity (Wildman–Crippen MR) is 75.0 cm³/mol. The van der Waals surface area contributed by atoms with Crippen molar-refractivity contribution in [3.63, 3.8) is 0 Å². The summed E-state index contributed by atoms with van der Waals surface area (Å²) in [7, 11) is 0. The van der Waals surface area contributed by atoms with Crippen molar-refractivity contribution in [3.05, 3.63) is 53.7 Å². The van der Waals surface area contributed by atoms with Crippen molar-refractivity contribution in [2.24, 2.45) is 0 Å². The SMILES string of the molecule is O=C(Nc1cc(C#CCCO)ccn1)c1ccncc1F. The van der Waals surface area contributed by atoms with Crippen LogP contribution in [0, 0.1) is 17.7 Å². The third-order valence-corrected chi connectivity index (χ3v) is 2.49. The number of aromatic nitrogens is 2. The minimum atomic E-state index is -0.700. The van der Waals surface area contributed by atoms with Gasteiger partial charge in [-0.2, -0.15) is 0 Å². The van der Waals surface area contributed by atoms with Crippen LogP contribution in [0.1, 0.15) is 22.3 Å². The minimum Gasteiger partial charge on any atom is -0.395 e. The molecular formula is C15H12FN3O2. The van der Waals surface area contributed by atoms with E-state index in [4.69, 9.17) is 5.11 Å². The van der Waals surface area contributed by atoms with Crippen molar-refractivity contribution in [3.8, 4) is 11.8 Å². The number of hydrogen-bond acceptors (Lipinski definition) is 4. The highest BCUT2D eigenvalue weighted by Gasteiger charge is 2.11. The highest BCUT2D eigenvalue weighted by Crippen LogP contribution is 2.10. The minimum absolute atomic E-state index is 0.0109. The number of nitrogens with one attached hydrogen (secondary N) is 1. The van der Waals surface area contributed by atoms with Crippen LogP contribution in [0.15, 0.2) is 36.8 Å². The molecule has 0 aliphatic heterocycles. The summed E-state index contributed by atoms with van der Waals surface area (Å²) in [6, 6.07) is 4.53. The average molecular weight is 285 g/mol. The third kappa shape index (κ3) is 4.09. The Balaban J connectivity index is 2.14. The Morgan fingerprint density at radius 3 is 3.00 bits per heavy atom. The molecule has 0 saturated carbocycles. The first kappa shape index (κ1) is 14.6. The summed E-state index contributed by atoms with van der Waals surface area (Å²) >= 11 is 0. The van der Waals surface area contributed by atoms with Crippen LogP contribution in [0.4, 0.5) is 10.2 Å². The van der Waals surface area contributed by atoms with Gasteiger partial charge in [-0.15, -0.1) is 0 Å². The maximum Gasteiger partial charge on any atom is 0.259 e. The fraction of sp³-hybridized carbons (Fsp3) is 0.133. The zero-order chi connectivity index (χ0) is 15.1. The van der Waals surface area contributed by atoms with E-state index in [0.717, 1.165) is 6.20 Å². The summed E-state index contributed by atoms with van der Waals surface area (Å²) in [5.74, 6) is 4.55. The molecule has 2 N–H and O–H groups in total. The second-order valence-corrected chi connectivity index (χ2v) is 4.01. The zero-order valence-electron chi connectivity index (χ0n) is 11.0. The Morgan fingerprint density at radius 1 is 1.38 bits per heavy atom. The van der Waals surface area contributed by atoms with Crippen molar-refractivity contribution in [2.45, 2.75) is 6.42 Å². The molecular weight excluding hydrogens is 273 g/mol. The fourth-order valence-corrected chi connectivity index (χ4v) is 1.54. The standard InChI is InChI=1S/C15H12FN3O2/c16-13-10-17-6-5-12(13)15(21)19-14-9-11(4-7-18-14)3-1-2-8-20/h4-7,9-10,20H,2,8H2,(H,18,19,21). The zero-order valence-corrected chi connectivity index (χ0v) is 11.0. The van der Waals surface area contributed by atoms with Crippen molar-refractivity contribution in [1.82, 2.24) is 9.97 Å². The van der Waals surface area contributed by atoms with Gasteiger partial charge in [0.1, 0.15) is 5.82 Å². The molecule has 106 valence electrons. The first-order valence-corrected chi connectivity index (χ1v) is 6.17. The number of rotatable bonds is 3. The van der Waals surface area contributed by atoms with E-state index in [0.29, 0.717) is 12.0 Å². The lowest BCUT2D eigenvalue weighted by Gasteiger charge is -2.05. The molecule has 0 aliphatic carbocycles. The van der Waals surface area contributed by atoms with Gasteiger partial charge in [0.15, 0.2) is 5.82 Å². The molecule has 0 radical (unpaired) electrons. The van der Waals surface area contributed by atoms with E-state index in [1.807, 2.05) is 0 Å². The molecule has 6 heteroatoms. The second kappa shape index (κ2) is 7.12. The van der Waals surface area contributed by atoms with Crippen LogP contribution in [0.25, 0.3) is 0 Å². The molecule has 1 amide bonds.